The van der Waals surface area contributed by atoms with Gasteiger partial charge in [-0.3, -0.25) is 0 Å². The van der Waals surface area contributed by atoms with Gasteiger partial charge >= 0.3 is 6.18 Å². The minimum absolute atomic E-state index is 0.183. The van der Waals surface area contributed by atoms with Gasteiger partial charge in [-0.2, -0.15) is 17.5 Å². The third-order valence-corrected chi connectivity index (χ3v) is 4.71. The monoisotopic (exact) mass is 309 g/mol. The number of aromatic nitrogens is 1. The first-order chi connectivity index (χ1) is 9.24. The smallest absolute Gasteiger partial charge is 0.326 e. The predicted molar refractivity (Wildman–Crippen MR) is 65.1 cm³/mol. The summed E-state index contributed by atoms with van der Waals surface area (Å²) in [6.45, 7) is -1.30. The standard InChI is InChI=1S/C11H14F3N3O2S/c12-11(13,14)7-17(9-2-3-9)20(18,19)10-4-1-8(5-15)6-16-10/h1,4,6,9H,2-3,5,7,15H2. The second-order valence-electron chi connectivity index (χ2n) is 4.61. The Morgan fingerprint density at radius 1 is 1.35 bits per heavy atom. The Bertz CT molecular complexity index is 568. The van der Waals surface area contributed by atoms with Crippen LogP contribution in [0, 0.1) is 0 Å². The van der Waals surface area contributed by atoms with Crippen molar-refractivity contribution in [1.82, 2.24) is 9.29 Å². The molecule has 9 heteroatoms. The van der Waals surface area contributed by atoms with E-state index < -0.39 is 28.8 Å². The van der Waals surface area contributed by atoms with Gasteiger partial charge in [0.05, 0.1) is 0 Å². The number of alkyl halides is 3. The first-order valence-corrected chi connectivity index (χ1v) is 7.41. The Balaban J connectivity index is 2.29. The molecule has 0 radical (unpaired) electrons. The van der Waals surface area contributed by atoms with Crippen molar-refractivity contribution in [2.75, 3.05) is 6.54 Å². The summed E-state index contributed by atoms with van der Waals surface area (Å²) in [5.41, 5.74) is 5.97. The maximum Gasteiger partial charge on any atom is 0.402 e. The third kappa shape index (κ3) is 3.47. The van der Waals surface area contributed by atoms with Crippen LogP contribution in [0.3, 0.4) is 0 Å². The number of halogens is 3. The lowest BCUT2D eigenvalue weighted by atomic mass is 10.3. The molecule has 5 nitrogen and oxygen atoms in total. The largest absolute Gasteiger partial charge is 0.402 e. The normalized spacial score (nSPS) is 16.6. The van der Waals surface area contributed by atoms with Gasteiger partial charge in [0, 0.05) is 18.8 Å². The van der Waals surface area contributed by atoms with E-state index in [9.17, 15) is 21.6 Å². The highest BCUT2D eigenvalue weighted by Crippen LogP contribution is 2.34. The van der Waals surface area contributed by atoms with E-state index in [4.69, 9.17) is 5.73 Å². The maximum atomic E-state index is 12.5. The van der Waals surface area contributed by atoms with Crippen LogP contribution in [0.1, 0.15) is 18.4 Å². The molecule has 1 aromatic rings. The third-order valence-electron chi connectivity index (χ3n) is 2.90. The lowest BCUT2D eigenvalue weighted by Gasteiger charge is -2.22. The van der Waals surface area contributed by atoms with Crippen LogP contribution in [0.25, 0.3) is 0 Å². The van der Waals surface area contributed by atoms with Gasteiger partial charge in [-0.1, -0.05) is 6.07 Å². The molecule has 1 aromatic heterocycles. The minimum Gasteiger partial charge on any atom is -0.326 e. The summed E-state index contributed by atoms with van der Waals surface area (Å²) in [7, 11) is -4.23. The Hall–Kier alpha value is -1.19. The number of nitrogens with zero attached hydrogens (tertiary/aromatic N) is 2. The van der Waals surface area contributed by atoms with E-state index in [-0.39, 0.29) is 11.6 Å². The molecule has 1 aliphatic rings. The van der Waals surface area contributed by atoms with Crippen molar-refractivity contribution in [2.45, 2.75) is 36.6 Å². The Labute approximate surface area is 114 Å². The zero-order valence-corrected chi connectivity index (χ0v) is 11.3. The molecule has 1 aliphatic carbocycles. The Morgan fingerprint density at radius 3 is 2.40 bits per heavy atom. The number of sulfonamides is 1. The summed E-state index contributed by atoms with van der Waals surface area (Å²) in [5, 5.41) is -0.383. The fraction of sp³-hybridized carbons (Fsp3) is 0.545. The summed E-state index contributed by atoms with van der Waals surface area (Å²) >= 11 is 0. The van der Waals surface area contributed by atoms with Gasteiger partial charge in [-0.25, -0.2) is 13.4 Å². The van der Waals surface area contributed by atoms with E-state index in [0.29, 0.717) is 22.7 Å². The highest BCUT2D eigenvalue weighted by Gasteiger charge is 2.45. The van der Waals surface area contributed by atoms with Crippen LogP contribution in [-0.2, 0) is 16.6 Å². The van der Waals surface area contributed by atoms with Crippen molar-refractivity contribution < 1.29 is 21.6 Å². The number of hydrogen-bond donors (Lipinski definition) is 1. The van der Waals surface area contributed by atoms with Crippen molar-refractivity contribution in [2.24, 2.45) is 5.73 Å². The SMILES string of the molecule is NCc1ccc(S(=O)(=O)N(CC(F)(F)F)C2CC2)nc1. The molecule has 0 bridgehead atoms. The van der Waals surface area contributed by atoms with Crippen molar-refractivity contribution in [3.8, 4) is 0 Å². The molecular formula is C11H14F3N3O2S. The van der Waals surface area contributed by atoms with E-state index >= 15 is 0 Å². The fourth-order valence-electron chi connectivity index (χ4n) is 1.75. The maximum absolute atomic E-state index is 12.5. The summed E-state index contributed by atoms with van der Waals surface area (Å²) < 4.78 is 62.5. The Morgan fingerprint density at radius 2 is 2.00 bits per heavy atom. The van der Waals surface area contributed by atoms with Crippen LogP contribution < -0.4 is 5.73 Å². The van der Waals surface area contributed by atoms with Crippen LogP contribution in [-0.4, -0.2) is 36.5 Å². The summed E-state index contributed by atoms with van der Waals surface area (Å²) in [4.78, 5) is 3.71. The first-order valence-electron chi connectivity index (χ1n) is 5.97. The molecule has 20 heavy (non-hydrogen) atoms. The molecule has 1 heterocycles. The molecule has 0 aliphatic heterocycles. The molecule has 0 amide bonds. The molecule has 2 N–H and O–H groups in total. The second-order valence-corrected chi connectivity index (χ2v) is 6.44. The van der Waals surface area contributed by atoms with E-state index in [1.807, 2.05) is 0 Å². The van der Waals surface area contributed by atoms with Gasteiger partial charge in [0.2, 0.25) is 0 Å². The predicted octanol–water partition coefficient (Wildman–Crippen LogP) is 1.26. The molecule has 0 unspecified atom stereocenters. The number of hydrogen-bond acceptors (Lipinski definition) is 4. The van der Waals surface area contributed by atoms with Gasteiger partial charge in [-0.05, 0) is 24.5 Å². The average molecular weight is 309 g/mol. The van der Waals surface area contributed by atoms with Crippen LogP contribution >= 0.6 is 0 Å². The molecule has 0 spiro atoms. The lowest BCUT2D eigenvalue weighted by Crippen LogP contribution is -2.40. The first kappa shape index (κ1) is 15.2. The Kier molecular flexibility index (Phi) is 4.03. The van der Waals surface area contributed by atoms with Crippen LogP contribution in [0.5, 0.6) is 0 Å². The summed E-state index contributed by atoms with van der Waals surface area (Å²) in [5.74, 6) is 0. The fourth-order valence-corrected chi connectivity index (χ4v) is 3.34. The minimum atomic E-state index is -4.58. The molecule has 0 atom stereocenters. The molecule has 1 saturated carbocycles. The van der Waals surface area contributed by atoms with Crippen molar-refractivity contribution >= 4 is 10.0 Å². The van der Waals surface area contributed by atoms with E-state index in [0.717, 1.165) is 0 Å². The van der Waals surface area contributed by atoms with Crippen LogP contribution in [0.15, 0.2) is 23.4 Å². The van der Waals surface area contributed by atoms with E-state index in [1.54, 1.807) is 0 Å². The number of nitrogens with two attached hydrogens (primary N) is 1. The molecular weight excluding hydrogens is 295 g/mol. The highest BCUT2D eigenvalue weighted by molar-refractivity contribution is 7.89. The topological polar surface area (TPSA) is 76.3 Å². The van der Waals surface area contributed by atoms with Crippen molar-refractivity contribution in [3.63, 3.8) is 0 Å². The van der Waals surface area contributed by atoms with Gasteiger partial charge in [0.1, 0.15) is 6.54 Å². The quantitative estimate of drug-likeness (QED) is 0.888. The molecule has 0 saturated heterocycles. The van der Waals surface area contributed by atoms with Gasteiger partial charge in [0.15, 0.2) is 5.03 Å². The lowest BCUT2D eigenvalue weighted by molar-refractivity contribution is -0.137. The van der Waals surface area contributed by atoms with Gasteiger partial charge < -0.3 is 5.73 Å². The summed E-state index contributed by atoms with van der Waals surface area (Å²) in [6.07, 6.45) is -2.44. The number of rotatable bonds is 5. The average Bonchev–Trinajstić information content (AvgIpc) is 3.19. The van der Waals surface area contributed by atoms with Crippen molar-refractivity contribution in [1.29, 1.82) is 0 Å². The zero-order chi connectivity index (χ0) is 15.0. The van der Waals surface area contributed by atoms with E-state index in [2.05, 4.69) is 4.98 Å². The van der Waals surface area contributed by atoms with Crippen LogP contribution in [0.4, 0.5) is 13.2 Å². The van der Waals surface area contributed by atoms with Crippen molar-refractivity contribution in [3.05, 3.63) is 23.9 Å². The summed E-state index contributed by atoms with van der Waals surface area (Å²) in [6, 6.07) is 2.04. The van der Waals surface area contributed by atoms with Gasteiger partial charge in [0.25, 0.3) is 10.0 Å². The zero-order valence-electron chi connectivity index (χ0n) is 10.5. The molecule has 0 aromatic carbocycles. The molecule has 112 valence electrons. The highest BCUT2D eigenvalue weighted by atomic mass is 32.2. The van der Waals surface area contributed by atoms with Crippen LogP contribution in [0.2, 0.25) is 0 Å². The molecule has 1 fully saturated rings. The molecule has 2 rings (SSSR count). The number of pyridine rings is 1. The van der Waals surface area contributed by atoms with Gasteiger partial charge in [-0.15, -0.1) is 0 Å². The van der Waals surface area contributed by atoms with E-state index in [1.165, 1.54) is 18.3 Å². The second kappa shape index (κ2) is 5.30.